The Morgan fingerprint density at radius 1 is 1.11 bits per heavy atom. The van der Waals surface area contributed by atoms with Gasteiger partial charge < -0.3 is 15.4 Å². The first-order chi connectivity index (χ1) is 9.22. The summed E-state index contributed by atoms with van der Waals surface area (Å²) >= 11 is 0. The normalized spacial score (nSPS) is 10.9. The second-order valence-electron chi connectivity index (χ2n) is 5.30. The number of nitrogens with one attached hydrogen (secondary N) is 2. The van der Waals surface area contributed by atoms with Gasteiger partial charge in [-0.25, -0.2) is 0 Å². The first-order valence-electron chi connectivity index (χ1n) is 7.26. The Hall–Kier alpha value is -1.06. The van der Waals surface area contributed by atoms with E-state index in [9.17, 15) is 0 Å². The third-order valence-electron chi connectivity index (χ3n) is 2.98. The minimum atomic E-state index is 0.737. The summed E-state index contributed by atoms with van der Waals surface area (Å²) in [5.41, 5.74) is 1.32. The monoisotopic (exact) mass is 264 g/mol. The Bertz CT molecular complexity index is 339. The van der Waals surface area contributed by atoms with Crippen molar-refractivity contribution in [1.82, 2.24) is 10.6 Å². The zero-order chi connectivity index (χ0) is 13.9. The maximum absolute atomic E-state index is 5.22. The van der Waals surface area contributed by atoms with E-state index in [1.807, 2.05) is 12.1 Å². The van der Waals surface area contributed by atoms with E-state index >= 15 is 0 Å². The largest absolute Gasteiger partial charge is 0.497 e. The van der Waals surface area contributed by atoms with Gasteiger partial charge in [-0.2, -0.15) is 0 Å². The molecule has 0 aromatic heterocycles. The molecule has 0 heterocycles. The molecule has 2 N–H and O–H groups in total. The van der Waals surface area contributed by atoms with Crippen LogP contribution in [-0.4, -0.2) is 33.3 Å². The lowest BCUT2D eigenvalue weighted by Crippen LogP contribution is -2.25. The van der Waals surface area contributed by atoms with Crippen LogP contribution in [0.3, 0.4) is 0 Å². The summed E-state index contributed by atoms with van der Waals surface area (Å²) in [5.74, 6) is 1.68. The predicted molar refractivity (Wildman–Crippen MR) is 81.9 cm³/mol. The molecule has 3 nitrogen and oxygen atoms in total. The second kappa shape index (κ2) is 9.82. The number of methoxy groups -OCH3 is 1. The molecule has 0 unspecified atom stereocenters. The van der Waals surface area contributed by atoms with Gasteiger partial charge in [-0.15, -0.1) is 0 Å². The minimum Gasteiger partial charge on any atom is -0.497 e. The quantitative estimate of drug-likeness (QED) is 0.637. The molecule has 1 aromatic rings. The average Bonchev–Trinajstić information content (AvgIpc) is 2.41. The van der Waals surface area contributed by atoms with Crippen LogP contribution in [0.5, 0.6) is 5.75 Å². The van der Waals surface area contributed by atoms with Gasteiger partial charge in [0.2, 0.25) is 0 Å². The second-order valence-corrected chi connectivity index (χ2v) is 5.30. The summed E-state index contributed by atoms with van der Waals surface area (Å²) in [6.07, 6.45) is 2.24. The molecule has 0 aliphatic heterocycles. The van der Waals surface area contributed by atoms with Gasteiger partial charge in [-0.3, -0.25) is 0 Å². The van der Waals surface area contributed by atoms with Gasteiger partial charge >= 0.3 is 0 Å². The van der Waals surface area contributed by atoms with Gasteiger partial charge in [-0.1, -0.05) is 26.0 Å². The molecule has 0 bridgehead atoms. The van der Waals surface area contributed by atoms with Crippen LogP contribution in [0.1, 0.15) is 25.8 Å². The highest BCUT2D eigenvalue weighted by atomic mass is 16.5. The summed E-state index contributed by atoms with van der Waals surface area (Å²) in [7, 11) is 1.71. The van der Waals surface area contributed by atoms with Crippen molar-refractivity contribution >= 4 is 0 Å². The predicted octanol–water partition coefficient (Wildman–Crippen LogP) is 2.46. The van der Waals surface area contributed by atoms with Crippen molar-refractivity contribution in [3.8, 4) is 5.75 Å². The number of benzene rings is 1. The van der Waals surface area contributed by atoms with Crippen LogP contribution in [0, 0.1) is 5.92 Å². The van der Waals surface area contributed by atoms with Crippen molar-refractivity contribution in [3.63, 3.8) is 0 Å². The molecular formula is C16H28N2O. The Morgan fingerprint density at radius 3 is 2.63 bits per heavy atom. The number of ether oxygens (including phenoxy) is 1. The summed E-state index contributed by atoms with van der Waals surface area (Å²) in [6, 6.07) is 8.28. The molecule has 108 valence electrons. The van der Waals surface area contributed by atoms with Crippen LogP contribution in [0.15, 0.2) is 24.3 Å². The van der Waals surface area contributed by atoms with Crippen molar-refractivity contribution in [2.24, 2.45) is 5.92 Å². The Morgan fingerprint density at radius 2 is 1.89 bits per heavy atom. The van der Waals surface area contributed by atoms with Gasteiger partial charge in [-0.05, 0) is 62.6 Å². The van der Waals surface area contributed by atoms with E-state index in [0.29, 0.717) is 0 Å². The van der Waals surface area contributed by atoms with Gasteiger partial charge in [0.15, 0.2) is 0 Å². The molecule has 0 spiro atoms. The van der Waals surface area contributed by atoms with Crippen LogP contribution in [0.2, 0.25) is 0 Å². The molecule has 1 rings (SSSR count). The summed E-state index contributed by atoms with van der Waals surface area (Å²) in [4.78, 5) is 0. The van der Waals surface area contributed by atoms with Crippen molar-refractivity contribution < 1.29 is 4.74 Å². The van der Waals surface area contributed by atoms with E-state index in [-0.39, 0.29) is 0 Å². The van der Waals surface area contributed by atoms with E-state index in [1.54, 1.807) is 7.11 Å². The highest BCUT2D eigenvalue weighted by Gasteiger charge is 1.96. The Balaban J connectivity index is 2.01. The molecule has 0 saturated heterocycles. The fourth-order valence-electron chi connectivity index (χ4n) is 1.91. The highest BCUT2D eigenvalue weighted by molar-refractivity contribution is 5.28. The third-order valence-corrected chi connectivity index (χ3v) is 2.98. The van der Waals surface area contributed by atoms with E-state index < -0.39 is 0 Å². The Labute approximate surface area is 117 Å². The molecule has 0 aliphatic carbocycles. The van der Waals surface area contributed by atoms with Crippen LogP contribution >= 0.6 is 0 Å². The number of rotatable bonds is 10. The van der Waals surface area contributed by atoms with E-state index in [1.165, 1.54) is 12.0 Å². The molecule has 0 amide bonds. The molecule has 0 aliphatic rings. The van der Waals surface area contributed by atoms with Crippen LogP contribution < -0.4 is 15.4 Å². The molecule has 0 saturated carbocycles. The maximum Gasteiger partial charge on any atom is 0.119 e. The van der Waals surface area contributed by atoms with Gasteiger partial charge in [0.1, 0.15) is 5.75 Å². The fraction of sp³-hybridized carbons (Fsp3) is 0.625. The SMILES string of the molecule is COc1cccc(CCNCCCNCC(C)C)c1. The lowest BCUT2D eigenvalue weighted by atomic mass is 10.1. The first kappa shape index (κ1) is 16.0. The molecule has 0 radical (unpaired) electrons. The van der Waals surface area contributed by atoms with Crippen molar-refractivity contribution in [1.29, 1.82) is 0 Å². The lowest BCUT2D eigenvalue weighted by Gasteiger charge is -2.08. The zero-order valence-electron chi connectivity index (χ0n) is 12.5. The standard InChI is InChI=1S/C16H28N2O/c1-14(2)13-18-10-5-9-17-11-8-15-6-4-7-16(12-15)19-3/h4,6-7,12,14,17-18H,5,8-11,13H2,1-3H3. The summed E-state index contributed by atoms with van der Waals surface area (Å²) in [5, 5.41) is 6.93. The van der Waals surface area contributed by atoms with E-state index in [4.69, 9.17) is 4.74 Å². The molecule has 19 heavy (non-hydrogen) atoms. The van der Waals surface area contributed by atoms with Crippen LogP contribution in [0.25, 0.3) is 0 Å². The molecule has 0 fully saturated rings. The minimum absolute atomic E-state index is 0.737. The first-order valence-corrected chi connectivity index (χ1v) is 7.26. The maximum atomic E-state index is 5.22. The summed E-state index contributed by atoms with van der Waals surface area (Å²) in [6.45, 7) is 8.79. The molecule has 3 heteroatoms. The highest BCUT2D eigenvalue weighted by Crippen LogP contribution is 2.12. The van der Waals surface area contributed by atoms with Crippen molar-refractivity contribution in [2.45, 2.75) is 26.7 Å². The molecule has 1 aromatic carbocycles. The zero-order valence-corrected chi connectivity index (χ0v) is 12.5. The Kier molecular flexibility index (Phi) is 8.26. The topological polar surface area (TPSA) is 33.3 Å². The lowest BCUT2D eigenvalue weighted by molar-refractivity contribution is 0.414. The van der Waals surface area contributed by atoms with Gasteiger partial charge in [0.25, 0.3) is 0 Å². The number of hydrogen-bond donors (Lipinski definition) is 2. The van der Waals surface area contributed by atoms with Crippen molar-refractivity contribution in [3.05, 3.63) is 29.8 Å². The smallest absolute Gasteiger partial charge is 0.119 e. The fourth-order valence-corrected chi connectivity index (χ4v) is 1.91. The molecule has 0 atom stereocenters. The average molecular weight is 264 g/mol. The van der Waals surface area contributed by atoms with Crippen LogP contribution in [-0.2, 0) is 6.42 Å². The van der Waals surface area contributed by atoms with E-state index in [2.05, 4.69) is 36.6 Å². The van der Waals surface area contributed by atoms with Gasteiger partial charge in [0.05, 0.1) is 7.11 Å². The van der Waals surface area contributed by atoms with Crippen LogP contribution in [0.4, 0.5) is 0 Å². The third kappa shape index (κ3) is 7.85. The van der Waals surface area contributed by atoms with Crippen molar-refractivity contribution in [2.75, 3.05) is 33.3 Å². The van der Waals surface area contributed by atoms with Gasteiger partial charge in [0, 0.05) is 0 Å². The molecular weight excluding hydrogens is 236 g/mol. The van der Waals surface area contributed by atoms with E-state index in [0.717, 1.165) is 44.3 Å². The summed E-state index contributed by atoms with van der Waals surface area (Å²) < 4.78 is 5.22. The number of hydrogen-bond acceptors (Lipinski definition) is 3.